The minimum Gasteiger partial charge on any atom is -0.370 e. The zero-order chi connectivity index (χ0) is 14.5. The molecule has 1 atom stereocenters. The summed E-state index contributed by atoms with van der Waals surface area (Å²) in [6.45, 7) is 0. The van der Waals surface area contributed by atoms with Gasteiger partial charge in [0.25, 0.3) is 0 Å². The fourth-order valence-corrected chi connectivity index (χ4v) is 1.62. The number of carbonyl (C=O) groups is 2. The van der Waals surface area contributed by atoms with Gasteiger partial charge in [-0.15, -0.1) is 10.2 Å². The molecule has 2 amide bonds. The molecule has 104 valence electrons. The summed E-state index contributed by atoms with van der Waals surface area (Å²) in [5, 5.41) is 10.0. The molecule has 2 aromatic rings. The summed E-state index contributed by atoms with van der Waals surface area (Å²) < 4.78 is 1.69. The predicted molar refractivity (Wildman–Crippen MR) is 71.8 cm³/mol. The Morgan fingerprint density at radius 2 is 2.00 bits per heavy atom. The molecule has 0 fully saturated rings. The number of primary amides is 1. The standard InChI is InChI=1S/C12H14N6O2/c13-10(5-11(14)19)12(20)17-8-2-1-3-9(4-8)18-6-15-16-7-18/h1-4,6-7,10H,5,13H2,(H2,14,19)(H,17,20). The first-order valence-electron chi connectivity index (χ1n) is 5.86. The molecule has 8 nitrogen and oxygen atoms in total. The van der Waals surface area contributed by atoms with Gasteiger partial charge >= 0.3 is 0 Å². The topological polar surface area (TPSA) is 129 Å². The van der Waals surface area contributed by atoms with Crippen LogP contribution in [0, 0.1) is 0 Å². The minimum absolute atomic E-state index is 0.197. The molecule has 20 heavy (non-hydrogen) atoms. The maximum Gasteiger partial charge on any atom is 0.241 e. The smallest absolute Gasteiger partial charge is 0.241 e. The third kappa shape index (κ3) is 3.39. The van der Waals surface area contributed by atoms with E-state index in [4.69, 9.17) is 11.5 Å². The summed E-state index contributed by atoms with van der Waals surface area (Å²) in [6.07, 6.45) is 2.89. The number of nitrogens with two attached hydrogens (primary N) is 2. The lowest BCUT2D eigenvalue weighted by molar-refractivity contribution is -0.123. The third-order valence-electron chi connectivity index (χ3n) is 2.59. The Hall–Kier alpha value is -2.74. The number of anilines is 1. The van der Waals surface area contributed by atoms with Crippen LogP contribution in [0.3, 0.4) is 0 Å². The van der Waals surface area contributed by atoms with E-state index in [-0.39, 0.29) is 6.42 Å². The molecular formula is C12H14N6O2. The highest BCUT2D eigenvalue weighted by atomic mass is 16.2. The average Bonchev–Trinajstić information content (AvgIpc) is 2.92. The van der Waals surface area contributed by atoms with Crippen molar-refractivity contribution in [3.63, 3.8) is 0 Å². The SMILES string of the molecule is NC(=O)CC(N)C(=O)Nc1cccc(-n2cnnc2)c1. The molecule has 1 aromatic heterocycles. The fraction of sp³-hybridized carbons (Fsp3) is 0.167. The van der Waals surface area contributed by atoms with E-state index in [1.807, 2.05) is 6.07 Å². The molecule has 1 unspecified atom stereocenters. The molecule has 2 rings (SSSR count). The van der Waals surface area contributed by atoms with Gasteiger partial charge in [-0.25, -0.2) is 0 Å². The van der Waals surface area contributed by atoms with E-state index in [0.717, 1.165) is 5.69 Å². The van der Waals surface area contributed by atoms with Gasteiger partial charge in [-0.1, -0.05) is 6.07 Å². The number of nitrogens with zero attached hydrogens (tertiary/aromatic N) is 3. The largest absolute Gasteiger partial charge is 0.370 e. The van der Waals surface area contributed by atoms with Gasteiger partial charge in [0, 0.05) is 5.69 Å². The molecule has 0 aliphatic carbocycles. The summed E-state index contributed by atoms with van der Waals surface area (Å²) in [5.74, 6) is -1.09. The molecule has 5 N–H and O–H groups in total. The molecule has 1 heterocycles. The molecule has 0 saturated heterocycles. The van der Waals surface area contributed by atoms with Crippen molar-refractivity contribution in [1.29, 1.82) is 0 Å². The van der Waals surface area contributed by atoms with Crippen molar-refractivity contribution in [2.75, 3.05) is 5.32 Å². The predicted octanol–water partition coefficient (Wildman–Crippen LogP) is -0.591. The van der Waals surface area contributed by atoms with Crippen molar-refractivity contribution in [2.45, 2.75) is 12.5 Å². The highest BCUT2D eigenvalue weighted by Gasteiger charge is 2.16. The highest BCUT2D eigenvalue weighted by Crippen LogP contribution is 2.14. The lowest BCUT2D eigenvalue weighted by Crippen LogP contribution is -2.39. The Morgan fingerprint density at radius 1 is 1.30 bits per heavy atom. The molecule has 0 aliphatic rings. The van der Waals surface area contributed by atoms with Crippen LogP contribution in [0.1, 0.15) is 6.42 Å². The molecule has 1 aromatic carbocycles. The fourth-order valence-electron chi connectivity index (χ4n) is 1.62. The van der Waals surface area contributed by atoms with Gasteiger partial charge in [-0.3, -0.25) is 14.2 Å². The summed E-state index contributed by atoms with van der Waals surface area (Å²) in [7, 11) is 0. The van der Waals surface area contributed by atoms with Crippen molar-refractivity contribution in [2.24, 2.45) is 11.5 Å². The molecular weight excluding hydrogens is 260 g/mol. The van der Waals surface area contributed by atoms with Crippen LogP contribution in [0.2, 0.25) is 0 Å². The summed E-state index contributed by atoms with van der Waals surface area (Å²) >= 11 is 0. The Bertz CT molecular complexity index is 610. The van der Waals surface area contributed by atoms with Crippen LogP contribution >= 0.6 is 0 Å². The number of benzene rings is 1. The Balaban J connectivity index is 2.08. The molecule has 0 radical (unpaired) electrons. The van der Waals surface area contributed by atoms with Crippen LogP contribution < -0.4 is 16.8 Å². The first-order chi connectivity index (χ1) is 9.56. The average molecular weight is 274 g/mol. The lowest BCUT2D eigenvalue weighted by atomic mass is 10.2. The van der Waals surface area contributed by atoms with Gasteiger partial charge in [0.2, 0.25) is 11.8 Å². The van der Waals surface area contributed by atoms with E-state index >= 15 is 0 Å². The van der Waals surface area contributed by atoms with Gasteiger partial charge in [0.05, 0.1) is 18.2 Å². The van der Waals surface area contributed by atoms with Crippen LogP contribution in [0.5, 0.6) is 0 Å². The van der Waals surface area contributed by atoms with Gasteiger partial charge in [0.1, 0.15) is 12.7 Å². The minimum atomic E-state index is -0.967. The summed E-state index contributed by atoms with van der Waals surface area (Å²) in [6, 6.07) is 6.08. The van der Waals surface area contributed by atoms with Crippen molar-refractivity contribution < 1.29 is 9.59 Å². The molecule has 0 saturated carbocycles. The number of hydrogen-bond acceptors (Lipinski definition) is 5. The molecule has 0 bridgehead atoms. The van der Waals surface area contributed by atoms with Crippen LogP contribution in [0.25, 0.3) is 5.69 Å². The van der Waals surface area contributed by atoms with Crippen molar-refractivity contribution in [3.05, 3.63) is 36.9 Å². The quantitative estimate of drug-likeness (QED) is 0.671. The first-order valence-corrected chi connectivity index (χ1v) is 5.86. The molecule has 0 aliphatic heterocycles. The third-order valence-corrected chi connectivity index (χ3v) is 2.59. The Morgan fingerprint density at radius 3 is 2.65 bits per heavy atom. The maximum absolute atomic E-state index is 11.8. The lowest BCUT2D eigenvalue weighted by Gasteiger charge is -2.11. The van der Waals surface area contributed by atoms with Crippen molar-refractivity contribution >= 4 is 17.5 Å². The van der Waals surface area contributed by atoms with Gasteiger partial charge < -0.3 is 16.8 Å². The van der Waals surface area contributed by atoms with Gasteiger partial charge in [0.15, 0.2) is 0 Å². The number of hydrogen-bond donors (Lipinski definition) is 3. The normalized spacial score (nSPS) is 11.8. The molecule has 0 spiro atoms. The zero-order valence-corrected chi connectivity index (χ0v) is 10.6. The number of rotatable bonds is 5. The number of aromatic nitrogens is 3. The second-order valence-electron chi connectivity index (χ2n) is 4.19. The Kier molecular flexibility index (Phi) is 4.06. The number of carbonyl (C=O) groups excluding carboxylic acids is 2. The first kappa shape index (κ1) is 13.7. The van der Waals surface area contributed by atoms with Crippen molar-refractivity contribution in [1.82, 2.24) is 14.8 Å². The number of nitrogens with one attached hydrogen (secondary N) is 1. The summed E-state index contributed by atoms with van der Waals surface area (Å²) in [4.78, 5) is 22.5. The zero-order valence-electron chi connectivity index (χ0n) is 10.6. The van der Waals surface area contributed by atoms with E-state index in [2.05, 4.69) is 15.5 Å². The highest BCUT2D eigenvalue weighted by molar-refractivity contribution is 5.97. The second kappa shape index (κ2) is 5.93. The monoisotopic (exact) mass is 274 g/mol. The van der Waals surface area contributed by atoms with E-state index in [1.54, 1.807) is 35.4 Å². The van der Waals surface area contributed by atoms with Gasteiger partial charge in [-0.2, -0.15) is 0 Å². The van der Waals surface area contributed by atoms with E-state index in [1.165, 1.54) is 0 Å². The van der Waals surface area contributed by atoms with Crippen LogP contribution in [-0.4, -0.2) is 32.6 Å². The van der Waals surface area contributed by atoms with E-state index in [0.29, 0.717) is 5.69 Å². The summed E-state index contributed by atoms with van der Waals surface area (Å²) in [5.41, 5.74) is 11.9. The van der Waals surface area contributed by atoms with Crippen molar-refractivity contribution in [3.8, 4) is 5.69 Å². The van der Waals surface area contributed by atoms with Gasteiger partial charge in [-0.05, 0) is 18.2 Å². The van der Waals surface area contributed by atoms with Crippen LogP contribution in [0.15, 0.2) is 36.9 Å². The number of amides is 2. The van der Waals surface area contributed by atoms with E-state index in [9.17, 15) is 9.59 Å². The van der Waals surface area contributed by atoms with Crippen LogP contribution in [-0.2, 0) is 9.59 Å². The molecule has 8 heteroatoms. The second-order valence-corrected chi connectivity index (χ2v) is 4.19. The van der Waals surface area contributed by atoms with Crippen LogP contribution in [0.4, 0.5) is 5.69 Å². The maximum atomic E-state index is 11.8. The van der Waals surface area contributed by atoms with E-state index < -0.39 is 17.9 Å². The Labute approximate surface area is 114 Å².